The van der Waals surface area contributed by atoms with Gasteiger partial charge in [-0.05, 0) is 26.0 Å². The lowest BCUT2D eigenvalue weighted by Crippen LogP contribution is -2.46. The van der Waals surface area contributed by atoms with Gasteiger partial charge in [0.2, 0.25) is 0 Å². The predicted octanol–water partition coefficient (Wildman–Crippen LogP) is 1.10. The standard InChI is InChI=1S/C13H16N2O4/c1-13(2,12(17)18)7-15-9-4-3-8(14)5-10(9)19-6-11(15)16/h3-5H,6-7,14H2,1-2H3,(H,17,18). The van der Waals surface area contributed by atoms with Crippen molar-refractivity contribution in [1.29, 1.82) is 0 Å². The quantitative estimate of drug-likeness (QED) is 0.797. The topological polar surface area (TPSA) is 92.9 Å². The molecule has 6 nitrogen and oxygen atoms in total. The Morgan fingerprint density at radius 1 is 1.53 bits per heavy atom. The summed E-state index contributed by atoms with van der Waals surface area (Å²) < 4.78 is 5.30. The van der Waals surface area contributed by atoms with E-state index < -0.39 is 11.4 Å². The van der Waals surface area contributed by atoms with E-state index in [9.17, 15) is 9.59 Å². The van der Waals surface area contributed by atoms with Crippen LogP contribution >= 0.6 is 0 Å². The van der Waals surface area contributed by atoms with Crippen molar-refractivity contribution in [3.8, 4) is 5.75 Å². The summed E-state index contributed by atoms with van der Waals surface area (Å²) in [5.41, 5.74) is 5.71. The van der Waals surface area contributed by atoms with Crippen LogP contribution in [0.5, 0.6) is 5.75 Å². The second-order valence-corrected chi connectivity index (χ2v) is 5.18. The van der Waals surface area contributed by atoms with Gasteiger partial charge in [-0.25, -0.2) is 0 Å². The van der Waals surface area contributed by atoms with E-state index in [1.807, 2.05) is 0 Å². The average molecular weight is 264 g/mol. The monoisotopic (exact) mass is 264 g/mol. The van der Waals surface area contributed by atoms with Gasteiger partial charge in [0.05, 0.1) is 11.1 Å². The highest BCUT2D eigenvalue weighted by Crippen LogP contribution is 2.35. The number of amides is 1. The van der Waals surface area contributed by atoms with Crippen LogP contribution in [-0.2, 0) is 9.59 Å². The molecule has 0 radical (unpaired) electrons. The number of fused-ring (bicyclic) bond motifs is 1. The van der Waals surface area contributed by atoms with Crippen LogP contribution in [0.4, 0.5) is 11.4 Å². The van der Waals surface area contributed by atoms with Crippen LogP contribution in [0.1, 0.15) is 13.8 Å². The van der Waals surface area contributed by atoms with Gasteiger partial charge in [0, 0.05) is 18.3 Å². The highest BCUT2D eigenvalue weighted by atomic mass is 16.5. The maximum atomic E-state index is 11.9. The largest absolute Gasteiger partial charge is 0.481 e. The van der Waals surface area contributed by atoms with Gasteiger partial charge in [-0.2, -0.15) is 0 Å². The van der Waals surface area contributed by atoms with E-state index >= 15 is 0 Å². The number of aliphatic carboxylic acids is 1. The molecular weight excluding hydrogens is 248 g/mol. The van der Waals surface area contributed by atoms with Gasteiger partial charge in [-0.15, -0.1) is 0 Å². The molecule has 0 bridgehead atoms. The Hall–Kier alpha value is -2.24. The lowest BCUT2D eigenvalue weighted by Gasteiger charge is -2.34. The summed E-state index contributed by atoms with van der Waals surface area (Å²) in [6.07, 6.45) is 0. The van der Waals surface area contributed by atoms with E-state index in [1.54, 1.807) is 32.0 Å². The molecule has 3 N–H and O–H groups in total. The van der Waals surface area contributed by atoms with Crippen molar-refractivity contribution < 1.29 is 19.4 Å². The molecule has 0 saturated carbocycles. The molecule has 1 aliphatic heterocycles. The molecule has 0 aromatic heterocycles. The Morgan fingerprint density at radius 3 is 2.84 bits per heavy atom. The zero-order valence-corrected chi connectivity index (χ0v) is 10.8. The average Bonchev–Trinajstić information content (AvgIpc) is 2.32. The molecular formula is C13H16N2O4. The molecule has 1 amide bonds. The number of nitrogen functional groups attached to an aromatic ring is 1. The van der Waals surface area contributed by atoms with Crippen molar-refractivity contribution in [2.24, 2.45) is 5.41 Å². The summed E-state index contributed by atoms with van der Waals surface area (Å²) in [6.45, 7) is 3.14. The summed E-state index contributed by atoms with van der Waals surface area (Å²) in [5.74, 6) is -0.712. The highest BCUT2D eigenvalue weighted by Gasteiger charge is 2.35. The molecule has 0 aliphatic carbocycles. The first-order chi connectivity index (χ1) is 8.81. The third-order valence-electron chi connectivity index (χ3n) is 3.06. The number of rotatable bonds is 3. The van der Waals surface area contributed by atoms with E-state index in [0.717, 1.165) is 0 Å². The Balaban J connectivity index is 2.36. The van der Waals surface area contributed by atoms with Crippen molar-refractivity contribution >= 4 is 23.3 Å². The second kappa shape index (κ2) is 4.46. The van der Waals surface area contributed by atoms with Crippen LogP contribution in [0.25, 0.3) is 0 Å². The fourth-order valence-corrected chi connectivity index (χ4v) is 1.86. The van der Waals surface area contributed by atoms with Gasteiger partial charge < -0.3 is 20.5 Å². The van der Waals surface area contributed by atoms with Gasteiger partial charge in [-0.3, -0.25) is 9.59 Å². The Kier molecular flexibility index (Phi) is 3.09. The number of carbonyl (C=O) groups excluding carboxylic acids is 1. The van der Waals surface area contributed by atoms with Crippen molar-refractivity contribution in [1.82, 2.24) is 0 Å². The molecule has 2 rings (SSSR count). The zero-order valence-electron chi connectivity index (χ0n) is 10.8. The van der Waals surface area contributed by atoms with Gasteiger partial charge in [-0.1, -0.05) is 0 Å². The van der Waals surface area contributed by atoms with Crippen LogP contribution in [0.3, 0.4) is 0 Å². The highest BCUT2D eigenvalue weighted by molar-refractivity contribution is 5.98. The SMILES string of the molecule is CC(C)(CN1C(=O)COc2cc(N)ccc21)C(=O)O. The zero-order chi connectivity index (χ0) is 14.2. The van der Waals surface area contributed by atoms with Gasteiger partial charge in [0.1, 0.15) is 5.75 Å². The molecule has 0 atom stereocenters. The number of hydrogen-bond acceptors (Lipinski definition) is 4. The first kappa shape index (κ1) is 13.2. The van der Waals surface area contributed by atoms with Crippen molar-refractivity contribution in [3.63, 3.8) is 0 Å². The van der Waals surface area contributed by atoms with E-state index in [4.69, 9.17) is 15.6 Å². The van der Waals surface area contributed by atoms with E-state index in [-0.39, 0.29) is 19.1 Å². The molecule has 6 heteroatoms. The Labute approximate surface area is 110 Å². The number of carboxylic acids is 1. The summed E-state index contributed by atoms with van der Waals surface area (Å²) >= 11 is 0. The van der Waals surface area contributed by atoms with E-state index in [2.05, 4.69) is 0 Å². The maximum Gasteiger partial charge on any atom is 0.310 e. The number of ether oxygens (including phenoxy) is 1. The van der Waals surface area contributed by atoms with Gasteiger partial charge in [0.25, 0.3) is 5.91 Å². The minimum atomic E-state index is -1.04. The fraction of sp³-hybridized carbons (Fsp3) is 0.385. The van der Waals surface area contributed by atoms with Gasteiger partial charge in [0.15, 0.2) is 6.61 Å². The number of carboxylic acid groups (broad SMARTS) is 1. The summed E-state index contributed by atoms with van der Waals surface area (Å²) in [5, 5.41) is 9.16. The summed E-state index contributed by atoms with van der Waals surface area (Å²) in [4.78, 5) is 24.5. The van der Waals surface area contributed by atoms with Crippen LogP contribution in [0, 0.1) is 5.41 Å². The summed E-state index contributed by atoms with van der Waals surface area (Å²) in [7, 11) is 0. The molecule has 1 heterocycles. The Morgan fingerprint density at radius 2 is 2.21 bits per heavy atom. The van der Waals surface area contributed by atoms with Crippen LogP contribution in [0.15, 0.2) is 18.2 Å². The maximum absolute atomic E-state index is 11.9. The van der Waals surface area contributed by atoms with Crippen LogP contribution in [0.2, 0.25) is 0 Å². The summed E-state index contributed by atoms with van der Waals surface area (Å²) in [6, 6.07) is 4.95. The minimum absolute atomic E-state index is 0.0848. The Bertz CT molecular complexity index is 539. The van der Waals surface area contributed by atoms with Crippen LogP contribution in [-0.4, -0.2) is 30.1 Å². The predicted molar refractivity (Wildman–Crippen MR) is 70.1 cm³/mol. The number of hydrogen-bond donors (Lipinski definition) is 2. The smallest absolute Gasteiger partial charge is 0.310 e. The van der Waals surface area contributed by atoms with E-state index in [1.165, 1.54) is 4.90 Å². The van der Waals surface area contributed by atoms with E-state index in [0.29, 0.717) is 17.1 Å². The third kappa shape index (κ3) is 2.47. The lowest BCUT2D eigenvalue weighted by molar-refractivity contribution is -0.146. The molecule has 0 fully saturated rings. The number of nitrogens with two attached hydrogens (primary N) is 1. The molecule has 0 spiro atoms. The first-order valence-electron chi connectivity index (χ1n) is 5.87. The molecule has 19 heavy (non-hydrogen) atoms. The molecule has 1 aliphatic rings. The van der Waals surface area contributed by atoms with Crippen LogP contribution < -0.4 is 15.4 Å². The number of carbonyl (C=O) groups is 2. The molecule has 1 aromatic rings. The molecule has 0 saturated heterocycles. The second-order valence-electron chi connectivity index (χ2n) is 5.18. The number of anilines is 2. The first-order valence-corrected chi connectivity index (χ1v) is 5.87. The number of benzene rings is 1. The minimum Gasteiger partial charge on any atom is -0.481 e. The fourth-order valence-electron chi connectivity index (χ4n) is 1.86. The third-order valence-corrected chi connectivity index (χ3v) is 3.06. The molecule has 1 aromatic carbocycles. The lowest BCUT2D eigenvalue weighted by atomic mass is 9.92. The normalized spacial score (nSPS) is 14.8. The van der Waals surface area contributed by atoms with Gasteiger partial charge >= 0.3 is 5.97 Å². The number of nitrogens with zero attached hydrogens (tertiary/aromatic N) is 1. The molecule has 102 valence electrons. The molecule has 0 unspecified atom stereocenters. The van der Waals surface area contributed by atoms with Crippen molar-refractivity contribution in [3.05, 3.63) is 18.2 Å². The van der Waals surface area contributed by atoms with Crippen molar-refractivity contribution in [2.75, 3.05) is 23.8 Å². The van der Waals surface area contributed by atoms with Crippen molar-refractivity contribution in [2.45, 2.75) is 13.8 Å².